The standard InChI is InChI=1S/C26H29N9O/c1-19-5-4-8-22(30-19)25-26(34-10-9-24-28-17-29-35(24)18-34)32-23(31-25)15-27-21-7-3-2-6-20(21)16-33-11-13-36-14-12-33/h2-10,17,27H,11-16,18H2,1H3,(H,31,32). The Morgan fingerprint density at radius 1 is 1.06 bits per heavy atom. The smallest absolute Gasteiger partial charge is 0.162 e. The summed E-state index contributed by atoms with van der Waals surface area (Å²) in [6, 6.07) is 14.5. The van der Waals surface area contributed by atoms with E-state index in [1.807, 2.05) is 42.1 Å². The van der Waals surface area contributed by atoms with Crippen LogP contribution in [0.25, 0.3) is 17.5 Å². The maximum atomic E-state index is 5.50. The predicted molar refractivity (Wildman–Crippen MR) is 138 cm³/mol. The average Bonchev–Trinajstić information content (AvgIpc) is 3.56. The number of para-hydroxylation sites is 1. The molecule has 0 amide bonds. The fraction of sp³-hybridized carbons (Fsp3) is 0.308. The molecular weight excluding hydrogens is 454 g/mol. The number of anilines is 2. The van der Waals surface area contributed by atoms with E-state index in [2.05, 4.69) is 54.4 Å². The number of benzene rings is 1. The highest BCUT2D eigenvalue weighted by Gasteiger charge is 2.22. The Bertz CT molecular complexity index is 1370. The van der Waals surface area contributed by atoms with Gasteiger partial charge >= 0.3 is 0 Å². The van der Waals surface area contributed by atoms with Crippen LogP contribution in [0.3, 0.4) is 0 Å². The minimum absolute atomic E-state index is 0.532. The second-order valence-electron chi connectivity index (χ2n) is 8.99. The van der Waals surface area contributed by atoms with Crippen LogP contribution in [0.1, 0.15) is 22.9 Å². The third kappa shape index (κ3) is 4.73. The second kappa shape index (κ2) is 9.92. The summed E-state index contributed by atoms with van der Waals surface area (Å²) in [7, 11) is 0. The molecule has 36 heavy (non-hydrogen) atoms. The minimum atomic E-state index is 0.532. The number of aromatic amines is 1. The lowest BCUT2D eigenvalue weighted by atomic mass is 10.1. The monoisotopic (exact) mass is 483 g/mol. The van der Waals surface area contributed by atoms with Crippen molar-refractivity contribution in [3.8, 4) is 11.4 Å². The van der Waals surface area contributed by atoms with Crippen LogP contribution in [-0.2, 0) is 24.5 Å². The van der Waals surface area contributed by atoms with E-state index in [0.29, 0.717) is 13.2 Å². The van der Waals surface area contributed by atoms with Crippen LogP contribution in [-0.4, -0.2) is 60.9 Å². The number of nitrogens with one attached hydrogen (secondary N) is 2. The number of ether oxygens (including phenoxy) is 1. The lowest BCUT2D eigenvalue weighted by molar-refractivity contribution is 0.0342. The van der Waals surface area contributed by atoms with Crippen LogP contribution in [0.5, 0.6) is 0 Å². The van der Waals surface area contributed by atoms with Gasteiger partial charge in [0.15, 0.2) is 11.6 Å². The van der Waals surface area contributed by atoms with Gasteiger partial charge in [0.05, 0.1) is 25.5 Å². The summed E-state index contributed by atoms with van der Waals surface area (Å²) < 4.78 is 7.35. The molecule has 0 bridgehead atoms. The van der Waals surface area contributed by atoms with Gasteiger partial charge in [0.25, 0.3) is 0 Å². The summed E-state index contributed by atoms with van der Waals surface area (Å²) >= 11 is 0. The third-order valence-electron chi connectivity index (χ3n) is 6.45. The van der Waals surface area contributed by atoms with Gasteiger partial charge in [-0.2, -0.15) is 5.10 Å². The normalized spacial score (nSPS) is 15.8. The molecule has 0 unspecified atom stereocenters. The number of hydrogen-bond donors (Lipinski definition) is 2. The number of pyridine rings is 1. The van der Waals surface area contributed by atoms with Gasteiger partial charge in [-0.1, -0.05) is 24.3 Å². The molecule has 0 radical (unpaired) electrons. The second-order valence-corrected chi connectivity index (χ2v) is 8.99. The van der Waals surface area contributed by atoms with Gasteiger partial charge in [-0.3, -0.25) is 9.88 Å². The number of rotatable bonds is 7. The largest absolute Gasteiger partial charge is 0.379 e. The van der Waals surface area contributed by atoms with Gasteiger partial charge in [0.1, 0.15) is 24.5 Å². The Morgan fingerprint density at radius 2 is 1.94 bits per heavy atom. The number of aryl methyl sites for hydroxylation is 1. The molecule has 6 rings (SSSR count). The van der Waals surface area contributed by atoms with Crippen LogP contribution in [0.4, 0.5) is 11.5 Å². The van der Waals surface area contributed by atoms with Crippen molar-refractivity contribution in [2.24, 2.45) is 0 Å². The topological polar surface area (TPSA) is 100 Å². The molecule has 0 aliphatic carbocycles. The molecule has 1 fully saturated rings. The molecule has 2 N–H and O–H groups in total. The zero-order chi connectivity index (χ0) is 24.3. The summed E-state index contributed by atoms with van der Waals surface area (Å²) in [6.45, 7) is 7.49. The summed E-state index contributed by atoms with van der Waals surface area (Å²) in [4.78, 5) is 22.0. The van der Waals surface area contributed by atoms with Crippen LogP contribution < -0.4 is 10.2 Å². The van der Waals surface area contributed by atoms with Crippen LogP contribution in [0, 0.1) is 6.92 Å². The van der Waals surface area contributed by atoms with E-state index in [1.54, 1.807) is 6.33 Å². The fourth-order valence-corrected chi connectivity index (χ4v) is 4.57. The van der Waals surface area contributed by atoms with E-state index in [1.165, 1.54) is 5.56 Å². The number of H-pyrrole nitrogens is 1. The van der Waals surface area contributed by atoms with Crippen molar-refractivity contribution in [1.82, 2.24) is 34.6 Å². The van der Waals surface area contributed by atoms with Crippen molar-refractivity contribution in [2.45, 2.75) is 26.7 Å². The highest BCUT2D eigenvalue weighted by Crippen LogP contribution is 2.30. The predicted octanol–water partition coefficient (Wildman–Crippen LogP) is 3.26. The Morgan fingerprint density at radius 3 is 2.83 bits per heavy atom. The fourth-order valence-electron chi connectivity index (χ4n) is 4.57. The van der Waals surface area contributed by atoms with Gasteiger partial charge < -0.3 is 19.9 Å². The van der Waals surface area contributed by atoms with Gasteiger partial charge in [-0.15, -0.1) is 0 Å². The Hall–Kier alpha value is -4.02. The average molecular weight is 484 g/mol. The number of imidazole rings is 1. The van der Waals surface area contributed by atoms with Gasteiger partial charge in [0, 0.05) is 37.2 Å². The molecule has 0 atom stereocenters. The number of hydrogen-bond acceptors (Lipinski definition) is 8. The molecule has 2 aliphatic heterocycles. The molecule has 1 saturated heterocycles. The van der Waals surface area contributed by atoms with Crippen molar-refractivity contribution in [2.75, 3.05) is 36.5 Å². The highest BCUT2D eigenvalue weighted by molar-refractivity contribution is 5.72. The number of morpholine rings is 1. The van der Waals surface area contributed by atoms with Gasteiger partial charge in [-0.25, -0.2) is 14.6 Å². The van der Waals surface area contributed by atoms with E-state index in [9.17, 15) is 0 Å². The summed E-state index contributed by atoms with van der Waals surface area (Å²) in [5, 5.41) is 7.93. The quantitative estimate of drug-likeness (QED) is 0.413. The van der Waals surface area contributed by atoms with Crippen LogP contribution in [0.15, 0.2) is 55.0 Å². The van der Waals surface area contributed by atoms with Gasteiger partial charge in [0.2, 0.25) is 0 Å². The third-order valence-corrected chi connectivity index (χ3v) is 6.45. The highest BCUT2D eigenvalue weighted by atomic mass is 16.5. The maximum absolute atomic E-state index is 5.50. The lowest BCUT2D eigenvalue weighted by Gasteiger charge is -2.27. The number of fused-ring (bicyclic) bond motifs is 1. The molecule has 184 valence electrons. The molecular formula is C26H29N9O. The first-order chi connectivity index (χ1) is 17.7. The zero-order valence-electron chi connectivity index (χ0n) is 20.3. The molecule has 0 spiro atoms. The van der Waals surface area contributed by atoms with Crippen LogP contribution in [0.2, 0.25) is 0 Å². The molecule has 1 aromatic carbocycles. The molecule has 2 aliphatic rings. The maximum Gasteiger partial charge on any atom is 0.162 e. The zero-order valence-corrected chi connectivity index (χ0v) is 20.3. The van der Waals surface area contributed by atoms with Crippen molar-refractivity contribution >= 4 is 17.6 Å². The van der Waals surface area contributed by atoms with Crippen molar-refractivity contribution in [1.29, 1.82) is 0 Å². The number of aromatic nitrogens is 6. The molecule has 10 heteroatoms. The summed E-state index contributed by atoms with van der Waals surface area (Å²) in [6.07, 6.45) is 5.51. The lowest BCUT2D eigenvalue weighted by Crippen LogP contribution is -2.35. The van der Waals surface area contributed by atoms with E-state index >= 15 is 0 Å². The Labute approximate surface area is 209 Å². The van der Waals surface area contributed by atoms with Crippen LogP contribution >= 0.6 is 0 Å². The van der Waals surface area contributed by atoms with E-state index in [-0.39, 0.29) is 0 Å². The molecule has 3 aromatic heterocycles. The van der Waals surface area contributed by atoms with Gasteiger partial charge in [-0.05, 0) is 36.8 Å². The van der Waals surface area contributed by atoms with E-state index < -0.39 is 0 Å². The van der Waals surface area contributed by atoms with Crippen molar-refractivity contribution < 1.29 is 4.74 Å². The summed E-state index contributed by atoms with van der Waals surface area (Å²) in [5.74, 6) is 2.47. The molecule has 0 saturated carbocycles. The molecule has 10 nitrogen and oxygen atoms in total. The SMILES string of the molecule is Cc1cccc(-c2[nH]c(CNc3ccccc3CN3CCOCC3)nc2N2C=Cc3ncnn3C2)n1. The first-order valence-corrected chi connectivity index (χ1v) is 12.2. The molecule has 4 aromatic rings. The minimum Gasteiger partial charge on any atom is -0.379 e. The first-order valence-electron chi connectivity index (χ1n) is 12.2. The molecule has 5 heterocycles. The first kappa shape index (κ1) is 22.4. The Balaban J connectivity index is 1.26. The summed E-state index contributed by atoms with van der Waals surface area (Å²) in [5.41, 5.74) is 5.07. The van der Waals surface area contributed by atoms with Crippen molar-refractivity contribution in [3.63, 3.8) is 0 Å². The van der Waals surface area contributed by atoms with E-state index in [4.69, 9.17) is 14.7 Å². The van der Waals surface area contributed by atoms with Crippen molar-refractivity contribution in [3.05, 3.63) is 77.9 Å². The number of nitrogens with zero attached hydrogens (tertiary/aromatic N) is 7. The van der Waals surface area contributed by atoms with E-state index in [0.717, 1.165) is 73.1 Å². The Kier molecular flexibility index (Phi) is 6.18.